The summed E-state index contributed by atoms with van der Waals surface area (Å²) in [5, 5.41) is 3.17. The number of rotatable bonds is 7. The Morgan fingerprint density at radius 1 is 0.921 bits per heavy atom. The van der Waals surface area contributed by atoms with Gasteiger partial charge < -0.3 is 5.32 Å². The third kappa shape index (κ3) is 6.04. The molecular formula is C27H30ClN3O5S2. The zero-order valence-corrected chi connectivity index (χ0v) is 23.8. The molecule has 38 heavy (non-hydrogen) atoms. The Balaban J connectivity index is 1.50. The first-order valence-electron chi connectivity index (χ1n) is 12.2. The summed E-state index contributed by atoms with van der Waals surface area (Å²) in [5.74, 6) is -0.00554. The third-order valence-electron chi connectivity index (χ3n) is 6.77. The highest BCUT2D eigenvalue weighted by atomic mass is 35.5. The number of carbonyl (C=O) groups excluding carboxylic acids is 1. The van der Waals surface area contributed by atoms with Crippen LogP contribution in [0.1, 0.15) is 41.3 Å². The Morgan fingerprint density at radius 2 is 1.55 bits per heavy atom. The van der Waals surface area contributed by atoms with Gasteiger partial charge in [0, 0.05) is 29.4 Å². The van der Waals surface area contributed by atoms with E-state index in [0.717, 1.165) is 12.8 Å². The van der Waals surface area contributed by atoms with Crippen molar-refractivity contribution in [2.45, 2.75) is 43.4 Å². The molecule has 0 saturated carbocycles. The van der Waals surface area contributed by atoms with Gasteiger partial charge in [-0.3, -0.25) is 9.52 Å². The number of piperidine rings is 1. The predicted molar refractivity (Wildman–Crippen MR) is 150 cm³/mol. The number of halogens is 1. The molecule has 0 atom stereocenters. The molecule has 1 aliphatic heterocycles. The molecule has 0 radical (unpaired) electrons. The maximum absolute atomic E-state index is 13.2. The molecule has 3 aromatic carbocycles. The molecule has 8 nitrogen and oxygen atoms in total. The van der Waals surface area contributed by atoms with Crippen LogP contribution >= 0.6 is 11.6 Å². The van der Waals surface area contributed by atoms with Crippen LogP contribution in [0.4, 0.5) is 11.4 Å². The highest BCUT2D eigenvalue weighted by Gasteiger charge is 2.29. The number of hydrogen-bond donors (Lipinski definition) is 2. The number of benzene rings is 3. The smallest absolute Gasteiger partial charge is 0.261 e. The van der Waals surface area contributed by atoms with E-state index < -0.39 is 26.0 Å². The number of amides is 1. The molecule has 0 aromatic heterocycles. The molecule has 11 heteroatoms. The van der Waals surface area contributed by atoms with E-state index in [2.05, 4.69) is 17.0 Å². The minimum atomic E-state index is -3.89. The van der Waals surface area contributed by atoms with E-state index in [9.17, 15) is 21.6 Å². The van der Waals surface area contributed by atoms with Crippen molar-refractivity contribution in [1.29, 1.82) is 0 Å². The van der Waals surface area contributed by atoms with E-state index in [1.807, 2.05) is 0 Å². The summed E-state index contributed by atoms with van der Waals surface area (Å²) >= 11 is 6.09. The molecule has 2 N–H and O–H groups in total. The summed E-state index contributed by atoms with van der Waals surface area (Å²) in [7, 11) is -7.60. The molecule has 0 unspecified atom stereocenters. The van der Waals surface area contributed by atoms with Gasteiger partial charge in [-0.1, -0.05) is 30.7 Å². The van der Waals surface area contributed by atoms with E-state index in [4.69, 9.17) is 11.6 Å². The van der Waals surface area contributed by atoms with Crippen LogP contribution in [0.25, 0.3) is 0 Å². The summed E-state index contributed by atoms with van der Waals surface area (Å²) in [6.45, 7) is 6.47. The average molecular weight is 576 g/mol. The highest BCUT2D eigenvalue weighted by Crippen LogP contribution is 2.27. The summed E-state index contributed by atoms with van der Waals surface area (Å²) in [5.41, 5.74) is 2.20. The fourth-order valence-corrected chi connectivity index (χ4v) is 7.01. The van der Waals surface area contributed by atoms with Gasteiger partial charge in [-0.2, -0.15) is 4.31 Å². The molecule has 1 aliphatic rings. The maximum Gasteiger partial charge on any atom is 0.261 e. The molecule has 202 valence electrons. The van der Waals surface area contributed by atoms with Crippen LogP contribution in [0.2, 0.25) is 5.02 Å². The molecule has 4 rings (SSSR count). The summed E-state index contributed by atoms with van der Waals surface area (Å²) < 4.78 is 56.0. The number of sulfonamides is 2. The molecule has 0 aliphatic carbocycles. The minimum Gasteiger partial charge on any atom is -0.322 e. The largest absolute Gasteiger partial charge is 0.322 e. The van der Waals surface area contributed by atoms with Crippen LogP contribution in [0.5, 0.6) is 0 Å². The normalized spacial score (nSPS) is 15.3. The van der Waals surface area contributed by atoms with Gasteiger partial charge in [0.15, 0.2) is 0 Å². The van der Waals surface area contributed by atoms with Gasteiger partial charge in [-0.05, 0) is 92.3 Å². The molecular weight excluding hydrogens is 546 g/mol. The van der Waals surface area contributed by atoms with Gasteiger partial charge in [-0.15, -0.1) is 0 Å². The fraction of sp³-hybridized carbons (Fsp3) is 0.296. The topological polar surface area (TPSA) is 113 Å². The Hall–Kier alpha value is -2.92. The third-order valence-corrected chi connectivity index (χ3v) is 10.5. The zero-order valence-electron chi connectivity index (χ0n) is 21.4. The van der Waals surface area contributed by atoms with Gasteiger partial charge in [0.25, 0.3) is 15.9 Å². The van der Waals surface area contributed by atoms with E-state index in [0.29, 0.717) is 46.5 Å². The minimum absolute atomic E-state index is 0.00926. The van der Waals surface area contributed by atoms with E-state index in [1.165, 1.54) is 40.7 Å². The van der Waals surface area contributed by atoms with Gasteiger partial charge in [0.2, 0.25) is 10.0 Å². The molecule has 1 fully saturated rings. The zero-order chi connectivity index (χ0) is 27.7. The van der Waals surface area contributed by atoms with Crippen molar-refractivity contribution in [2.75, 3.05) is 23.1 Å². The van der Waals surface area contributed by atoms with Crippen LogP contribution in [-0.2, 0) is 20.0 Å². The van der Waals surface area contributed by atoms with Crippen molar-refractivity contribution in [2.24, 2.45) is 5.92 Å². The van der Waals surface area contributed by atoms with E-state index in [-0.39, 0.29) is 15.4 Å². The lowest BCUT2D eigenvalue weighted by Crippen LogP contribution is -2.38. The van der Waals surface area contributed by atoms with Crippen molar-refractivity contribution in [3.63, 3.8) is 0 Å². The molecule has 1 saturated heterocycles. The number of nitrogens with one attached hydrogen (secondary N) is 2. The summed E-state index contributed by atoms with van der Waals surface area (Å²) in [4.78, 5) is 13.1. The first-order valence-corrected chi connectivity index (χ1v) is 15.5. The maximum atomic E-state index is 13.2. The number of nitrogens with zero attached hydrogens (tertiary/aromatic N) is 1. The van der Waals surface area contributed by atoms with E-state index in [1.54, 1.807) is 38.1 Å². The summed E-state index contributed by atoms with van der Waals surface area (Å²) in [6, 6.07) is 15.2. The Kier molecular flexibility index (Phi) is 8.17. The highest BCUT2D eigenvalue weighted by molar-refractivity contribution is 7.92. The summed E-state index contributed by atoms with van der Waals surface area (Å²) in [6.07, 6.45) is 1.61. The lowest BCUT2D eigenvalue weighted by atomic mass is 10.0. The van der Waals surface area contributed by atoms with Gasteiger partial charge in [-0.25, -0.2) is 16.8 Å². The van der Waals surface area contributed by atoms with E-state index >= 15 is 0 Å². The second-order valence-electron chi connectivity index (χ2n) is 9.56. The predicted octanol–water partition coefficient (Wildman–Crippen LogP) is 5.43. The van der Waals surface area contributed by atoms with Crippen LogP contribution in [-0.4, -0.2) is 40.1 Å². The van der Waals surface area contributed by atoms with Crippen molar-refractivity contribution < 1.29 is 21.6 Å². The van der Waals surface area contributed by atoms with Gasteiger partial charge in [0.05, 0.1) is 15.5 Å². The Labute approximate surface area is 229 Å². The monoisotopic (exact) mass is 575 g/mol. The SMILES string of the molecule is Cc1ccc(S(=O)(=O)N2CCC(C)CC2)cc1C(=O)Nc1ccc(S(=O)(=O)Nc2cccc(Cl)c2C)cc1. The fourth-order valence-electron chi connectivity index (χ4n) is 4.22. The molecule has 3 aromatic rings. The number of anilines is 2. The molecule has 0 spiro atoms. The second-order valence-corrected chi connectivity index (χ2v) is 13.6. The molecule has 1 heterocycles. The van der Waals surface area contributed by atoms with Crippen molar-refractivity contribution in [1.82, 2.24) is 4.31 Å². The van der Waals surface area contributed by atoms with Crippen LogP contribution in [0.15, 0.2) is 70.5 Å². The number of carbonyl (C=O) groups is 1. The van der Waals surface area contributed by atoms with Crippen LogP contribution in [0.3, 0.4) is 0 Å². The second kappa shape index (κ2) is 11.1. The van der Waals surface area contributed by atoms with Crippen molar-refractivity contribution >= 4 is 48.9 Å². The first-order chi connectivity index (χ1) is 17.9. The number of aryl methyl sites for hydroxylation is 1. The van der Waals surface area contributed by atoms with Crippen LogP contribution < -0.4 is 10.0 Å². The quantitative estimate of drug-likeness (QED) is 0.390. The van der Waals surface area contributed by atoms with Crippen LogP contribution in [0, 0.1) is 19.8 Å². The Bertz CT molecular complexity index is 1560. The average Bonchev–Trinajstić information content (AvgIpc) is 2.87. The van der Waals surface area contributed by atoms with Gasteiger partial charge >= 0.3 is 0 Å². The molecule has 1 amide bonds. The molecule has 0 bridgehead atoms. The Morgan fingerprint density at radius 3 is 2.21 bits per heavy atom. The van der Waals surface area contributed by atoms with Crippen molar-refractivity contribution in [3.05, 3.63) is 82.4 Å². The first kappa shape index (κ1) is 28.1. The lowest BCUT2D eigenvalue weighted by molar-refractivity contribution is 0.102. The van der Waals surface area contributed by atoms with Crippen molar-refractivity contribution in [3.8, 4) is 0 Å². The standard InChI is InChI=1S/C27H30ClN3O5S2/c1-18-13-15-31(16-14-18)38(35,36)23-10-7-19(2)24(17-23)27(32)29-21-8-11-22(12-9-21)37(33,34)30-26-6-4-5-25(28)20(26)3/h4-12,17-18,30H,13-16H2,1-3H3,(H,29,32). The number of hydrogen-bond acceptors (Lipinski definition) is 5. The van der Waals surface area contributed by atoms with Gasteiger partial charge in [0.1, 0.15) is 0 Å². The lowest BCUT2D eigenvalue weighted by Gasteiger charge is -2.29.